The summed E-state index contributed by atoms with van der Waals surface area (Å²) < 4.78 is 33.2. The van der Waals surface area contributed by atoms with Crippen LogP contribution >= 0.6 is 70.4 Å². The van der Waals surface area contributed by atoms with Gasteiger partial charge in [-0.3, -0.25) is 19.2 Å². The second-order valence-corrected chi connectivity index (χ2v) is 35.3. The molecular weight excluding hydrogens is 1640 g/mol. The molecule has 4 aromatic carbocycles. The minimum Gasteiger partial charge on any atom is -0.438 e. The summed E-state index contributed by atoms with van der Waals surface area (Å²) >= 11 is 12.1. The standard InChI is InChI=1S/C30H36N2O4.C28H38BNO5.2C8H10BrNO.C5H4BrNO.C3H7I/c1-21(2)32-19-25(15-16-27(32)33)24-13-11-23(12-14-24)22(3)31-18-17-30(36-28(31)34,20-29(4,5)35)26-9-7-6-8-10-26;1-20(21-13-15-23(16-14-21)29-34-26(4,5)27(6,7)35-29)30-18-17-28(33-24(30)31,19-25(2,3)32)22-11-9-8-10-12-22;2*1-6(2)10-5-7(9)3-4-8(10)11;6-4-1-2-5(8)7-3-4;1-3(2)4/h6-16,19,21-22,35H,17-18,20H2,1-5H3;8-16,20,32H,17-19H2,1-7H3;2*3-6H,1-2H3;1-3H,(H,7,8);3H,1-2H3/t22-,30-;20-,28-;;;;/m00..../s1. The lowest BCUT2D eigenvalue weighted by atomic mass is 9.78. The maximum absolute atomic E-state index is 13.3. The van der Waals surface area contributed by atoms with Crippen molar-refractivity contribution in [3.05, 3.63) is 260 Å². The average Bonchev–Trinajstić information content (AvgIpc) is 1.43. The van der Waals surface area contributed by atoms with Gasteiger partial charge in [0.1, 0.15) is 11.2 Å². The quantitative estimate of drug-likeness (QED) is 0.0496. The number of amides is 2. The van der Waals surface area contributed by atoms with Crippen molar-refractivity contribution in [1.82, 2.24) is 28.5 Å². The lowest BCUT2D eigenvalue weighted by Crippen LogP contribution is -2.51. The van der Waals surface area contributed by atoms with Crippen molar-refractivity contribution in [2.45, 2.75) is 218 Å². The van der Waals surface area contributed by atoms with Gasteiger partial charge in [0, 0.05) is 123 Å². The van der Waals surface area contributed by atoms with Gasteiger partial charge in [-0.2, -0.15) is 0 Å². The van der Waals surface area contributed by atoms with Crippen LogP contribution in [-0.4, -0.2) is 97.4 Å². The van der Waals surface area contributed by atoms with E-state index in [1.54, 1.807) is 106 Å². The number of alkyl halides is 1. The molecular formula is C82H105BBr3IN6O12. The Bertz CT molecular complexity index is 4260. The Labute approximate surface area is 659 Å². The lowest BCUT2D eigenvalue weighted by molar-refractivity contribution is -0.102. The third-order valence-corrected chi connectivity index (χ3v) is 19.8. The fourth-order valence-corrected chi connectivity index (χ4v) is 13.2. The zero-order valence-corrected chi connectivity index (χ0v) is 70.7. The van der Waals surface area contributed by atoms with Gasteiger partial charge in [-0.1, -0.05) is 146 Å². The molecule has 0 radical (unpaired) electrons. The van der Waals surface area contributed by atoms with Gasteiger partial charge in [-0.05, 0) is 222 Å². The Morgan fingerprint density at radius 2 is 0.819 bits per heavy atom. The van der Waals surface area contributed by atoms with Crippen molar-refractivity contribution < 1.29 is 38.6 Å². The third-order valence-electron chi connectivity index (χ3n) is 18.3. The van der Waals surface area contributed by atoms with Crippen molar-refractivity contribution >= 4 is 95.1 Å². The van der Waals surface area contributed by atoms with Gasteiger partial charge >= 0.3 is 19.3 Å². The maximum atomic E-state index is 13.3. The van der Waals surface area contributed by atoms with E-state index in [9.17, 15) is 39.0 Å². The van der Waals surface area contributed by atoms with Crippen molar-refractivity contribution in [2.24, 2.45) is 0 Å². The normalized spacial score (nSPS) is 18.2. The summed E-state index contributed by atoms with van der Waals surface area (Å²) in [5, 5.41) is 21.2. The number of nitrogens with one attached hydrogen (secondary N) is 1. The minimum atomic E-state index is -0.988. The largest absolute Gasteiger partial charge is 0.494 e. The summed E-state index contributed by atoms with van der Waals surface area (Å²) in [6, 6.07) is 49.0. The van der Waals surface area contributed by atoms with Crippen LogP contribution < -0.4 is 27.7 Å². The molecule has 0 bridgehead atoms. The molecule has 3 N–H and O–H groups in total. The van der Waals surface area contributed by atoms with Crippen LogP contribution in [0.3, 0.4) is 0 Å². The van der Waals surface area contributed by atoms with Crippen molar-refractivity contribution in [3.63, 3.8) is 0 Å². The van der Waals surface area contributed by atoms with Gasteiger partial charge in [-0.15, -0.1) is 0 Å². The van der Waals surface area contributed by atoms with E-state index in [2.05, 4.69) is 89.2 Å². The highest BCUT2D eigenvalue weighted by molar-refractivity contribution is 14.1. The Hall–Kier alpha value is -6.71. The molecule has 566 valence electrons. The van der Waals surface area contributed by atoms with Crippen LogP contribution in [0.1, 0.15) is 203 Å². The molecule has 18 nitrogen and oxygen atoms in total. The van der Waals surface area contributed by atoms with Gasteiger partial charge in [0.15, 0.2) is 0 Å². The first-order valence-corrected chi connectivity index (χ1v) is 39.2. The van der Waals surface area contributed by atoms with Crippen molar-refractivity contribution in [1.29, 1.82) is 0 Å². The lowest BCUT2D eigenvalue weighted by Gasteiger charge is -2.45. The second-order valence-electron chi connectivity index (χ2n) is 30.1. The summed E-state index contributed by atoms with van der Waals surface area (Å²) in [6.45, 7) is 36.4. The number of H-pyrrole nitrogens is 1. The highest BCUT2D eigenvalue weighted by atomic mass is 127. The monoisotopic (exact) mass is 1740 g/mol. The number of aromatic nitrogens is 4. The molecule has 0 saturated carbocycles. The van der Waals surface area contributed by atoms with Gasteiger partial charge in [0.05, 0.1) is 34.5 Å². The summed E-state index contributed by atoms with van der Waals surface area (Å²) in [5.41, 5.74) is 2.29. The molecule has 8 aromatic rings. The van der Waals surface area contributed by atoms with Crippen LogP contribution in [0.25, 0.3) is 11.1 Å². The molecule has 3 fully saturated rings. The van der Waals surface area contributed by atoms with E-state index in [0.29, 0.717) is 38.8 Å². The van der Waals surface area contributed by atoms with E-state index in [1.807, 2.05) is 205 Å². The first kappa shape index (κ1) is 87.2. The fourth-order valence-electron chi connectivity index (χ4n) is 12.2. The number of aliphatic hydroxyl groups is 2. The van der Waals surface area contributed by atoms with Gasteiger partial charge < -0.3 is 57.5 Å². The molecule has 2 amide bonds. The molecule has 11 rings (SSSR count). The average molecular weight is 1740 g/mol. The van der Waals surface area contributed by atoms with Crippen LogP contribution in [-0.2, 0) is 30.0 Å². The predicted molar refractivity (Wildman–Crippen MR) is 441 cm³/mol. The van der Waals surface area contributed by atoms with E-state index < -0.39 is 40.7 Å². The fraction of sp³-hybridized carbons (Fsp3) is 0.439. The smallest absolute Gasteiger partial charge is 0.438 e. The van der Waals surface area contributed by atoms with E-state index in [0.717, 1.165) is 56.2 Å². The van der Waals surface area contributed by atoms with Crippen molar-refractivity contribution in [2.75, 3.05) is 13.1 Å². The predicted octanol–water partition coefficient (Wildman–Crippen LogP) is 18.4. The zero-order chi connectivity index (χ0) is 78.2. The Balaban J connectivity index is 0.000000229. The number of hydrogen-bond acceptors (Lipinski definition) is 12. The molecule has 0 spiro atoms. The number of rotatable bonds is 15. The van der Waals surface area contributed by atoms with E-state index >= 15 is 0 Å². The van der Waals surface area contributed by atoms with E-state index in [-0.39, 0.29) is 64.6 Å². The third kappa shape index (κ3) is 25.2. The number of nitrogens with zero attached hydrogens (tertiary/aromatic N) is 5. The van der Waals surface area contributed by atoms with Crippen molar-refractivity contribution in [3.8, 4) is 11.1 Å². The zero-order valence-electron chi connectivity index (χ0n) is 63.8. The molecule has 0 aliphatic carbocycles. The highest BCUT2D eigenvalue weighted by Gasteiger charge is 2.52. The van der Waals surface area contributed by atoms with Crippen LogP contribution in [0.2, 0.25) is 0 Å². The molecule has 3 saturated heterocycles. The summed E-state index contributed by atoms with van der Waals surface area (Å²) in [7, 11) is -0.419. The molecule has 3 aliphatic rings. The number of pyridine rings is 4. The number of carbonyl (C=O) groups excluding carboxylic acids is 2. The molecule has 105 heavy (non-hydrogen) atoms. The Kier molecular flexibility index (Phi) is 31.5. The molecule has 7 heterocycles. The maximum Gasteiger partial charge on any atom is 0.494 e. The van der Waals surface area contributed by atoms with Crippen LogP contribution in [0.15, 0.2) is 215 Å². The van der Waals surface area contributed by atoms with E-state index in [4.69, 9.17) is 18.8 Å². The van der Waals surface area contributed by atoms with Crippen LogP contribution in [0.4, 0.5) is 9.59 Å². The Morgan fingerprint density at radius 1 is 0.476 bits per heavy atom. The number of cyclic esters (lactones) is 2. The van der Waals surface area contributed by atoms with Gasteiger partial charge in [0.25, 0.3) is 16.7 Å². The van der Waals surface area contributed by atoms with Crippen LogP contribution in [0.5, 0.6) is 0 Å². The molecule has 3 aliphatic heterocycles. The molecule has 23 heteroatoms. The van der Waals surface area contributed by atoms with Gasteiger partial charge in [-0.25, -0.2) is 9.59 Å². The second kappa shape index (κ2) is 37.9. The first-order valence-electron chi connectivity index (χ1n) is 35.5. The molecule has 4 atom stereocenters. The Morgan fingerprint density at radius 3 is 1.14 bits per heavy atom. The number of benzene rings is 4. The minimum absolute atomic E-state index is 0.0150. The summed E-state index contributed by atoms with van der Waals surface area (Å²) in [4.78, 5) is 77.3. The number of ether oxygens (including phenoxy) is 2. The number of halogens is 4. The van der Waals surface area contributed by atoms with Gasteiger partial charge in [0.2, 0.25) is 5.56 Å². The highest BCUT2D eigenvalue weighted by Crippen LogP contribution is 2.45. The molecule has 0 unspecified atom stereocenters. The number of hydrogen-bond donors (Lipinski definition) is 3. The SMILES string of the molecule is CC(C)I.CC(C)n1cc(-c2ccc([C@H](C)N3CC[C@](CC(C)(C)O)(c4ccccc4)OC3=O)cc2)ccc1=O.CC(C)n1cc(Br)ccc1=O.CC(C)n1cc(Br)ccc1=O.C[C@@H](c1ccc(B2OC(C)(C)C(C)(C)O2)cc1)N1CC[C@](CC(C)(C)O)(c2ccccc2)OC1=O.O=c1ccc(Br)c[nH]1. The van der Waals surface area contributed by atoms with Crippen LogP contribution in [0, 0.1) is 0 Å². The summed E-state index contributed by atoms with van der Waals surface area (Å²) in [6.07, 6.45) is 8.18. The molecule has 4 aromatic heterocycles. The number of aromatic amines is 1. The number of carbonyl (C=O) groups is 2. The topological polar surface area (TPSA) is 217 Å². The summed E-state index contributed by atoms with van der Waals surface area (Å²) in [5.74, 6) is 0. The van der Waals surface area contributed by atoms with E-state index in [1.165, 1.54) is 6.07 Å². The first-order chi connectivity index (χ1) is 49.0.